The number of alkyl halides is 3. The molecule has 0 saturated heterocycles. The molecule has 0 aromatic heterocycles. The van der Waals surface area contributed by atoms with E-state index in [2.05, 4.69) is 21.3 Å². The molecule has 176 valence electrons. The van der Waals surface area contributed by atoms with Gasteiger partial charge in [0.25, 0.3) is 5.91 Å². The van der Waals surface area contributed by atoms with Gasteiger partial charge in [-0.15, -0.1) is 13.2 Å². The van der Waals surface area contributed by atoms with E-state index in [1.54, 1.807) is 0 Å². The molecule has 2 atom stereocenters. The van der Waals surface area contributed by atoms with E-state index in [1.165, 1.54) is 12.1 Å². The third-order valence-electron chi connectivity index (χ3n) is 5.13. The van der Waals surface area contributed by atoms with E-state index in [-0.39, 0.29) is 17.5 Å². The maximum atomic E-state index is 12.2. The van der Waals surface area contributed by atoms with Crippen LogP contribution in [-0.2, 0) is 19.2 Å². The predicted molar refractivity (Wildman–Crippen MR) is 116 cm³/mol. The number of oxime groups is 1. The second kappa shape index (κ2) is 9.82. The van der Waals surface area contributed by atoms with Crippen LogP contribution in [0.3, 0.4) is 0 Å². The lowest BCUT2D eigenvalue weighted by Gasteiger charge is -2.15. The molecule has 34 heavy (non-hydrogen) atoms. The minimum Gasteiger partial charge on any atom is -0.453 e. The summed E-state index contributed by atoms with van der Waals surface area (Å²) in [6.45, 7) is -1.08. The van der Waals surface area contributed by atoms with E-state index < -0.39 is 37.2 Å². The number of carbonyl (C=O) groups excluding carboxylic acids is 2. The number of hydrogen-bond acceptors (Lipinski definition) is 6. The molecular weight excluding hydrogens is 453 g/mol. The van der Waals surface area contributed by atoms with Crippen LogP contribution in [-0.4, -0.2) is 37.2 Å². The van der Waals surface area contributed by atoms with Crippen LogP contribution in [0.1, 0.15) is 17.0 Å². The summed E-state index contributed by atoms with van der Waals surface area (Å²) in [6.07, 6.45) is 3.23. The van der Waals surface area contributed by atoms with Crippen molar-refractivity contribution in [3.63, 3.8) is 0 Å². The van der Waals surface area contributed by atoms with Crippen LogP contribution in [0, 0.1) is 5.92 Å². The fourth-order valence-corrected chi connectivity index (χ4v) is 3.76. The topological polar surface area (TPSA) is 86.2 Å². The number of rotatable bonds is 7. The molecule has 2 aromatic carbocycles. The maximum Gasteiger partial charge on any atom is 0.573 e. The standard InChI is InChI=1S/C24H19F3N2O5/c25-24(26,27)34-16-11-9-15(10-12-16)28-21(30)13-32-22(31)14-33-29-23-19-7-3-1-5-17(19)18-6-2-4-8-20(18)23/h1-12,17,19H,13-14H2,(H,28,30)/b29-23+/t17-,19-/m1/s1. The van der Waals surface area contributed by atoms with Gasteiger partial charge in [-0.25, -0.2) is 4.79 Å². The first-order chi connectivity index (χ1) is 16.3. The number of ether oxygens (including phenoxy) is 2. The van der Waals surface area contributed by atoms with E-state index in [0.717, 1.165) is 23.3 Å². The number of carbonyl (C=O) groups is 2. The van der Waals surface area contributed by atoms with Crippen molar-refractivity contribution in [1.82, 2.24) is 0 Å². The molecule has 1 amide bonds. The minimum atomic E-state index is -4.81. The third kappa shape index (κ3) is 5.64. The molecule has 0 radical (unpaired) electrons. The molecule has 0 fully saturated rings. The molecule has 2 aliphatic rings. The number of fused-ring (bicyclic) bond motifs is 3. The normalized spacial score (nSPS) is 19.3. The number of hydrogen-bond donors (Lipinski definition) is 1. The molecule has 0 aliphatic heterocycles. The highest BCUT2D eigenvalue weighted by molar-refractivity contribution is 6.08. The minimum absolute atomic E-state index is 0.0112. The number of esters is 1. The van der Waals surface area contributed by atoms with Gasteiger partial charge in [0.05, 0.1) is 5.71 Å². The lowest BCUT2D eigenvalue weighted by Crippen LogP contribution is -2.23. The van der Waals surface area contributed by atoms with Crippen molar-refractivity contribution in [2.75, 3.05) is 18.5 Å². The average molecular weight is 472 g/mol. The highest BCUT2D eigenvalue weighted by Crippen LogP contribution is 2.41. The number of allylic oxidation sites excluding steroid dienone is 4. The molecule has 4 rings (SSSR count). The van der Waals surface area contributed by atoms with E-state index in [1.807, 2.05) is 42.5 Å². The van der Waals surface area contributed by atoms with Gasteiger partial charge in [0.2, 0.25) is 6.61 Å². The van der Waals surface area contributed by atoms with E-state index >= 15 is 0 Å². The molecule has 0 heterocycles. The number of anilines is 1. The fourth-order valence-electron chi connectivity index (χ4n) is 3.76. The average Bonchev–Trinajstić information content (AvgIpc) is 3.12. The molecule has 0 saturated carbocycles. The van der Waals surface area contributed by atoms with Crippen molar-refractivity contribution in [3.8, 4) is 5.75 Å². The van der Waals surface area contributed by atoms with Gasteiger partial charge in [-0.2, -0.15) is 0 Å². The van der Waals surface area contributed by atoms with Crippen LogP contribution < -0.4 is 10.1 Å². The van der Waals surface area contributed by atoms with E-state index in [4.69, 9.17) is 9.57 Å². The molecule has 2 aliphatic carbocycles. The summed E-state index contributed by atoms with van der Waals surface area (Å²) in [6, 6.07) is 12.4. The SMILES string of the molecule is O=C(COC(=O)CO/N=C1/c2ccccc2[C@H]2C=CC=C[C@@H]12)Nc1ccc(OC(F)(F)F)cc1. The fraction of sp³-hybridized carbons (Fsp3) is 0.208. The summed E-state index contributed by atoms with van der Waals surface area (Å²) in [5.41, 5.74) is 3.01. The summed E-state index contributed by atoms with van der Waals surface area (Å²) >= 11 is 0. The summed E-state index contributed by atoms with van der Waals surface area (Å²) in [5, 5.41) is 6.55. The monoisotopic (exact) mass is 472 g/mol. The largest absolute Gasteiger partial charge is 0.573 e. The van der Waals surface area contributed by atoms with E-state index in [0.29, 0.717) is 5.71 Å². The van der Waals surface area contributed by atoms with Crippen molar-refractivity contribution in [2.24, 2.45) is 11.1 Å². The van der Waals surface area contributed by atoms with Crippen LogP contribution in [0.4, 0.5) is 18.9 Å². The van der Waals surface area contributed by atoms with Gasteiger partial charge in [0.15, 0.2) is 6.61 Å². The summed E-state index contributed by atoms with van der Waals surface area (Å²) in [5.74, 6) is -1.72. The first-order valence-corrected chi connectivity index (χ1v) is 10.3. The Morgan fingerprint density at radius 1 is 0.941 bits per heavy atom. The Bertz CT molecular complexity index is 1160. The van der Waals surface area contributed by atoms with Gasteiger partial charge in [-0.05, 0) is 29.8 Å². The zero-order chi connectivity index (χ0) is 24.1. The van der Waals surface area contributed by atoms with Crippen molar-refractivity contribution in [3.05, 3.63) is 84.0 Å². The second-order valence-electron chi connectivity index (χ2n) is 7.44. The zero-order valence-corrected chi connectivity index (χ0v) is 17.6. The van der Waals surface area contributed by atoms with Crippen LogP contribution in [0.2, 0.25) is 0 Å². The van der Waals surface area contributed by atoms with E-state index in [9.17, 15) is 22.8 Å². The Kier molecular flexibility index (Phi) is 6.67. The number of benzene rings is 2. The predicted octanol–water partition coefficient (Wildman–Crippen LogP) is 4.33. The molecular formula is C24H19F3N2O5. The van der Waals surface area contributed by atoms with Gasteiger partial charge in [-0.3, -0.25) is 4.79 Å². The Morgan fingerprint density at radius 2 is 1.65 bits per heavy atom. The van der Waals surface area contributed by atoms with Crippen LogP contribution >= 0.6 is 0 Å². The number of nitrogens with zero attached hydrogens (tertiary/aromatic N) is 1. The molecule has 0 unspecified atom stereocenters. The van der Waals surface area contributed by atoms with Crippen LogP contribution in [0.5, 0.6) is 5.75 Å². The Balaban J connectivity index is 1.25. The quantitative estimate of drug-likeness (QED) is 0.479. The molecule has 0 spiro atoms. The Morgan fingerprint density at radius 3 is 2.38 bits per heavy atom. The van der Waals surface area contributed by atoms with Gasteiger partial charge in [0.1, 0.15) is 5.75 Å². The van der Waals surface area contributed by atoms with Gasteiger partial charge < -0.3 is 19.6 Å². The summed E-state index contributed by atoms with van der Waals surface area (Å²) < 4.78 is 45.2. The molecule has 2 aromatic rings. The highest BCUT2D eigenvalue weighted by Gasteiger charge is 2.36. The van der Waals surface area contributed by atoms with Crippen molar-refractivity contribution < 1.29 is 37.1 Å². The van der Waals surface area contributed by atoms with Crippen LogP contribution in [0.15, 0.2) is 78.0 Å². The molecule has 7 nitrogen and oxygen atoms in total. The van der Waals surface area contributed by atoms with Gasteiger partial charge >= 0.3 is 12.3 Å². The number of amides is 1. The first kappa shape index (κ1) is 23.1. The highest BCUT2D eigenvalue weighted by atomic mass is 19.4. The lowest BCUT2D eigenvalue weighted by atomic mass is 9.88. The van der Waals surface area contributed by atoms with Gasteiger partial charge in [-0.1, -0.05) is 53.7 Å². The number of nitrogens with one attached hydrogen (secondary N) is 1. The third-order valence-corrected chi connectivity index (χ3v) is 5.13. The Hall–Kier alpha value is -4.08. The smallest absolute Gasteiger partial charge is 0.453 e. The van der Waals surface area contributed by atoms with Crippen molar-refractivity contribution >= 4 is 23.3 Å². The Labute approximate surface area is 192 Å². The first-order valence-electron chi connectivity index (χ1n) is 10.3. The number of halogens is 3. The lowest BCUT2D eigenvalue weighted by molar-refractivity contribution is -0.274. The maximum absolute atomic E-state index is 12.2. The van der Waals surface area contributed by atoms with Crippen molar-refractivity contribution in [2.45, 2.75) is 12.3 Å². The molecule has 1 N–H and O–H groups in total. The molecule has 0 bridgehead atoms. The summed E-state index contributed by atoms with van der Waals surface area (Å²) in [4.78, 5) is 29.1. The summed E-state index contributed by atoms with van der Waals surface area (Å²) in [7, 11) is 0. The van der Waals surface area contributed by atoms with Crippen molar-refractivity contribution in [1.29, 1.82) is 0 Å². The van der Waals surface area contributed by atoms with Crippen LogP contribution in [0.25, 0.3) is 0 Å². The zero-order valence-electron chi connectivity index (χ0n) is 17.6. The molecule has 10 heteroatoms. The second-order valence-corrected chi connectivity index (χ2v) is 7.44. The van der Waals surface area contributed by atoms with Gasteiger partial charge in [0, 0.05) is 23.1 Å².